The molecule has 0 aromatic heterocycles. The Hall–Kier alpha value is -2.45. The SMILES string of the molecule is CCCC(=O)N(C1CCNCC1)S(=O)(=O)c1ccc(C(=O)O)c2ccccc12. The number of hydrogen-bond donors (Lipinski definition) is 2. The summed E-state index contributed by atoms with van der Waals surface area (Å²) < 4.78 is 28.2. The molecule has 0 spiro atoms. The van der Waals surface area contributed by atoms with Gasteiger partial charge in [-0.15, -0.1) is 0 Å². The molecular weight excluding hydrogens is 380 g/mol. The van der Waals surface area contributed by atoms with Gasteiger partial charge in [-0.3, -0.25) is 4.79 Å². The van der Waals surface area contributed by atoms with Crippen molar-refractivity contribution in [3.8, 4) is 0 Å². The number of piperidine rings is 1. The van der Waals surface area contributed by atoms with Gasteiger partial charge in [-0.1, -0.05) is 31.2 Å². The molecule has 1 heterocycles. The van der Waals surface area contributed by atoms with Crippen molar-refractivity contribution in [3.05, 3.63) is 42.0 Å². The minimum Gasteiger partial charge on any atom is -0.478 e. The van der Waals surface area contributed by atoms with Crippen molar-refractivity contribution in [1.82, 2.24) is 9.62 Å². The molecule has 3 rings (SSSR count). The predicted molar refractivity (Wildman–Crippen MR) is 106 cm³/mol. The molecular formula is C20H24N2O5S. The van der Waals surface area contributed by atoms with Crippen molar-refractivity contribution in [2.24, 2.45) is 0 Å². The van der Waals surface area contributed by atoms with E-state index >= 15 is 0 Å². The fourth-order valence-electron chi connectivity index (χ4n) is 3.69. The first-order chi connectivity index (χ1) is 13.4. The third-order valence-corrected chi connectivity index (χ3v) is 6.93. The topological polar surface area (TPSA) is 104 Å². The molecule has 0 unspecified atom stereocenters. The fourth-order valence-corrected chi connectivity index (χ4v) is 5.56. The summed E-state index contributed by atoms with van der Waals surface area (Å²) in [5.74, 6) is -1.54. The number of fused-ring (bicyclic) bond motifs is 1. The highest BCUT2D eigenvalue weighted by Gasteiger charge is 2.36. The summed E-state index contributed by atoms with van der Waals surface area (Å²) in [4.78, 5) is 24.3. The second-order valence-corrected chi connectivity index (χ2v) is 8.67. The molecule has 0 radical (unpaired) electrons. The molecule has 8 heteroatoms. The first kappa shape index (κ1) is 20.3. The summed E-state index contributed by atoms with van der Waals surface area (Å²) in [6.45, 7) is 3.13. The maximum absolute atomic E-state index is 13.6. The van der Waals surface area contributed by atoms with Crippen LogP contribution in [0.3, 0.4) is 0 Å². The smallest absolute Gasteiger partial charge is 0.336 e. The van der Waals surface area contributed by atoms with Gasteiger partial charge in [0.05, 0.1) is 16.5 Å². The summed E-state index contributed by atoms with van der Waals surface area (Å²) in [6.07, 6.45) is 1.81. The Labute approximate surface area is 164 Å². The quantitative estimate of drug-likeness (QED) is 0.767. The van der Waals surface area contributed by atoms with Crippen LogP contribution in [-0.2, 0) is 14.8 Å². The first-order valence-electron chi connectivity index (χ1n) is 9.41. The zero-order valence-electron chi connectivity index (χ0n) is 15.7. The van der Waals surface area contributed by atoms with E-state index in [-0.39, 0.29) is 16.9 Å². The zero-order chi connectivity index (χ0) is 20.3. The number of benzene rings is 2. The number of nitrogens with zero attached hydrogens (tertiary/aromatic N) is 1. The molecule has 0 saturated carbocycles. The molecule has 7 nitrogen and oxygen atoms in total. The molecule has 2 aromatic carbocycles. The van der Waals surface area contributed by atoms with E-state index in [2.05, 4.69) is 5.32 Å². The van der Waals surface area contributed by atoms with Crippen LogP contribution in [0.4, 0.5) is 0 Å². The molecule has 1 amide bonds. The van der Waals surface area contributed by atoms with E-state index in [0.717, 1.165) is 4.31 Å². The number of rotatable bonds is 6. The van der Waals surface area contributed by atoms with Gasteiger partial charge in [0.2, 0.25) is 5.91 Å². The molecule has 0 atom stereocenters. The summed E-state index contributed by atoms with van der Waals surface area (Å²) in [6, 6.07) is 8.69. The minimum absolute atomic E-state index is 0.0304. The van der Waals surface area contributed by atoms with E-state index in [1.165, 1.54) is 12.1 Å². The minimum atomic E-state index is -4.13. The van der Waals surface area contributed by atoms with Crippen molar-refractivity contribution in [2.75, 3.05) is 13.1 Å². The van der Waals surface area contributed by atoms with Gasteiger partial charge in [0, 0.05) is 11.8 Å². The van der Waals surface area contributed by atoms with Gasteiger partial charge < -0.3 is 10.4 Å². The average molecular weight is 404 g/mol. The van der Waals surface area contributed by atoms with Gasteiger partial charge in [-0.2, -0.15) is 0 Å². The largest absolute Gasteiger partial charge is 0.478 e. The van der Waals surface area contributed by atoms with E-state index in [1.807, 2.05) is 6.92 Å². The Morgan fingerprint density at radius 3 is 2.36 bits per heavy atom. The Kier molecular flexibility index (Phi) is 6.00. The third kappa shape index (κ3) is 3.74. The van der Waals surface area contributed by atoms with Crippen LogP contribution in [0, 0.1) is 0 Å². The maximum Gasteiger partial charge on any atom is 0.336 e. The number of carboxylic acids is 1. The number of aromatic carboxylic acids is 1. The van der Waals surface area contributed by atoms with Crippen LogP contribution in [0.5, 0.6) is 0 Å². The van der Waals surface area contributed by atoms with Crippen LogP contribution in [0.15, 0.2) is 41.3 Å². The summed E-state index contributed by atoms with van der Waals surface area (Å²) in [7, 11) is -4.13. The molecule has 150 valence electrons. The molecule has 1 aliphatic rings. The lowest BCUT2D eigenvalue weighted by Gasteiger charge is -2.34. The van der Waals surface area contributed by atoms with E-state index in [9.17, 15) is 23.1 Å². The third-order valence-electron chi connectivity index (χ3n) is 5.00. The van der Waals surface area contributed by atoms with Crippen molar-refractivity contribution in [2.45, 2.75) is 43.5 Å². The molecule has 28 heavy (non-hydrogen) atoms. The van der Waals surface area contributed by atoms with E-state index in [4.69, 9.17) is 0 Å². The molecule has 1 saturated heterocycles. The molecule has 2 N–H and O–H groups in total. The Balaban J connectivity index is 2.17. The monoisotopic (exact) mass is 404 g/mol. The highest BCUT2D eigenvalue weighted by atomic mass is 32.2. The Bertz CT molecular complexity index is 997. The maximum atomic E-state index is 13.6. The van der Waals surface area contributed by atoms with Gasteiger partial charge >= 0.3 is 5.97 Å². The number of amides is 1. The number of carbonyl (C=O) groups is 2. The normalized spacial score (nSPS) is 15.5. The van der Waals surface area contributed by atoms with Gasteiger partial charge in [0.1, 0.15) is 0 Å². The number of hydrogen-bond acceptors (Lipinski definition) is 5. The molecule has 2 aromatic rings. The molecule has 1 fully saturated rings. The molecule has 0 aliphatic carbocycles. The summed E-state index contributed by atoms with van der Waals surface area (Å²) in [5, 5.41) is 13.3. The van der Waals surface area contributed by atoms with Gasteiger partial charge in [-0.25, -0.2) is 17.5 Å². The van der Waals surface area contributed by atoms with Gasteiger partial charge in [0.15, 0.2) is 0 Å². The lowest BCUT2D eigenvalue weighted by molar-refractivity contribution is -0.128. The number of sulfonamides is 1. The number of nitrogens with one attached hydrogen (secondary N) is 1. The van der Waals surface area contributed by atoms with Crippen LogP contribution < -0.4 is 5.32 Å². The van der Waals surface area contributed by atoms with Crippen LogP contribution in [0.2, 0.25) is 0 Å². The zero-order valence-corrected chi connectivity index (χ0v) is 16.5. The second kappa shape index (κ2) is 8.28. The van der Waals surface area contributed by atoms with Crippen LogP contribution in [0.1, 0.15) is 43.0 Å². The lowest BCUT2D eigenvalue weighted by Crippen LogP contribution is -2.49. The highest BCUT2D eigenvalue weighted by Crippen LogP contribution is 2.31. The number of carbonyl (C=O) groups excluding carboxylic acids is 1. The van der Waals surface area contributed by atoms with Gasteiger partial charge in [-0.05, 0) is 49.9 Å². The van der Waals surface area contributed by atoms with Crippen molar-refractivity contribution in [1.29, 1.82) is 0 Å². The van der Waals surface area contributed by atoms with Crippen LogP contribution >= 0.6 is 0 Å². The standard InChI is InChI=1S/C20H24N2O5S/c1-2-5-19(23)22(14-10-12-21-13-11-14)28(26,27)18-9-8-17(20(24)25)15-6-3-4-7-16(15)18/h3-4,6-9,14,21H,2,5,10-13H2,1H3,(H,24,25). The fraction of sp³-hybridized carbons (Fsp3) is 0.400. The van der Waals surface area contributed by atoms with E-state index in [0.29, 0.717) is 43.1 Å². The van der Waals surface area contributed by atoms with Gasteiger partial charge in [0.25, 0.3) is 10.0 Å². The molecule has 1 aliphatic heterocycles. The Morgan fingerprint density at radius 1 is 1.11 bits per heavy atom. The summed E-state index contributed by atoms with van der Waals surface area (Å²) in [5.41, 5.74) is 0.0304. The Morgan fingerprint density at radius 2 is 1.75 bits per heavy atom. The van der Waals surface area contributed by atoms with Crippen molar-refractivity contribution in [3.63, 3.8) is 0 Å². The number of carboxylic acid groups (broad SMARTS) is 1. The second-order valence-electron chi connectivity index (χ2n) is 6.89. The van der Waals surface area contributed by atoms with E-state index < -0.39 is 27.9 Å². The van der Waals surface area contributed by atoms with E-state index in [1.54, 1.807) is 24.3 Å². The van der Waals surface area contributed by atoms with Crippen LogP contribution in [-0.4, -0.2) is 48.8 Å². The first-order valence-corrected chi connectivity index (χ1v) is 10.8. The summed E-state index contributed by atoms with van der Waals surface area (Å²) >= 11 is 0. The molecule has 0 bridgehead atoms. The van der Waals surface area contributed by atoms with Crippen molar-refractivity contribution >= 4 is 32.7 Å². The average Bonchev–Trinajstić information content (AvgIpc) is 2.68. The highest BCUT2D eigenvalue weighted by molar-refractivity contribution is 7.90. The van der Waals surface area contributed by atoms with Crippen LogP contribution in [0.25, 0.3) is 10.8 Å². The van der Waals surface area contributed by atoms with Crippen molar-refractivity contribution < 1.29 is 23.1 Å². The lowest BCUT2D eigenvalue weighted by atomic mass is 10.0. The predicted octanol–water partition coefficient (Wildman–Crippen LogP) is 2.61.